The standard InChI is InChI=1S/C20H25NO3/c1-4-12-23-18-8-6-5-7-17(18)21-20(22)11-13-24-19-14-15(2)9-10-16(19)3/h5-10,14H,4,11-13H2,1-3H3,(H,21,22). The number of amides is 1. The van der Waals surface area contributed by atoms with Gasteiger partial charge >= 0.3 is 0 Å². The molecule has 0 radical (unpaired) electrons. The lowest BCUT2D eigenvalue weighted by Gasteiger charge is -2.13. The molecule has 0 aliphatic heterocycles. The number of aryl methyl sites for hydroxylation is 2. The van der Waals surface area contributed by atoms with Gasteiger partial charge in [0.1, 0.15) is 11.5 Å². The third kappa shape index (κ3) is 5.30. The number of ether oxygens (including phenoxy) is 2. The Balaban J connectivity index is 1.86. The van der Waals surface area contributed by atoms with Crippen molar-refractivity contribution < 1.29 is 14.3 Å². The molecule has 1 N–H and O–H groups in total. The van der Waals surface area contributed by atoms with Gasteiger partial charge in [-0.1, -0.05) is 31.2 Å². The van der Waals surface area contributed by atoms with E-state index in [-0.39, 0.29) is 12.3 Å². The van der Waals surface area contributed by atoms with Crippen LogP contribution in [0.15, 0.2) is 42.5 Å². The molecule has 1 amide bonds. The lowest BCUT2D eigenvalue weighted by Crippen LogP contribution is -2.16. The molecular formula is C20H25NO3. The SMILES string of the molecule is CCCOc1ccccc1NC(=O)CCOc1cc(C)ccc1C. The van der Waals surface area contributed by atoms with Gasteiger partial charge < -0.3 is 14.8 Å². The van der Waals surface area contributed by atoms with E-state index in [4.69, 9.17) is 9.47 Å². The molecule has 0 bridgehead atoms. The van der Waals surface area contributed by atoms with Crippen LogP contribution < -0.4 is 14.8 Å². The number of para-hydroxylation sites is 2. The van der Waals surface area contributed by atoms with Gasteiger partial charge in [-0.3, -0.25) is 4.79 Å². The van der Waals surface area contributed by atoms with Crippen LogP contribution in [0.2, 0.25) is 0 Å². The fourth-order valence-electron chi connectivity index (χ4n) is 2.24. The Kier molecular flexibility index (Phi) is 6.67. The number of hydrogen-bond donors (Lipinski definition) is 1. The maximum atomic E-state index is 12.1. The molecule has 0 fully saturated rings. The van der Waals surface area contributed by atoms with Crippen molar-refractivity contribution in [3.8, 4) is 11.5 Å². The zero-order chi connectivity index (χ0) is 17.4. The van der Waals surface area contributed by atoms with E-state index >= 15 is 0 Å². The van der Waals surface area contributed by atoms with Gasteiger partial charge in [0.05, 0.1) is 25.3 Å². The van der Waals surface area contributed by atoms with Crippen LogP contribution in [0.25, 0.3) is 0 Å². The minimum Gasteiger partial charge on any atom is -0.493 e. The fraction of sp³-hybridized carbons (Fsp3) is 0.350. The van der Waals surface area contributed by atoms with E-state index in [1.165, 1.54) is 0 Å². The lowest BCUT2D eigenvalue weighted by molar-refractivity contribution is -0.116. The van der Waals surface area contributed by atoms with E-state index in [0.29, 0.717) is 24.7 Å². The Morgan fingerprint density at radius 2 is 1.75 bits per heavy atom. The zero-order valence-corrected chi connectivity index (χ0v) is 14.6. The molecule has 2 rings (SSSR count). The first-order valence-corrected chi connectivity index (χ1v) is 8.32. The number of hydrogen-bond acceptors (Lipinski definition) is 3. The van der Waals surface area contributed by atoms with Crippen LogP contribution in [-0.2, 0) is 4.79 Å². The van der Waals surface area contributed by atoms with Crippen LogP contribution in [0.5, 0.6) is 11.5 Å². The Morgan fingerprint density at radius 3 is 2.54 bits per heavy atom. The van der Waals surface area contributed by atoms with E-state index in [2.05, 4.69) is 5.32 Å². The molecule has 24 heavy (non-hydrogen) atoms. The first-order chi connectivity index (χ1) is 11.6. The highest BCUT2D eigenvalue weighted by atomic mass is 16.5. The molecule has 0 saturated carbocycles. The van der Waals surface area contributed by atoms with Gasteiger partial charge in [0, 0.05) is 0 Å². The van der Waals surface area contributed by atoms with Crippen molar-refractivity contribution in [1.82, 2.24) is 0 Å². The summed E-state index contributed by atoms with van der Waals surface area (Å²) in [6.45, 7) is 7.03. The summed E-state index contributed by atoms with van der Waals surface area (Å²) >= 11 is 0. The molecule has 0 aromatic heterocycles. The Morgan fingerprint density at radius 1 is 1.00 bits per heavy atom. The van der Waals surface area contributed by atoms with Crippen LogP contribution in [0.4, 0.5) is 5.69 Å². The van der Waals surface area contributed by atoms with Crippen LogP contribution >= 0.6 is 0 Å². The summed E-state index contributed by atoms with van der Waals surface area (Å²) in [7, 11) is 0. The van der Waals surface area contributed by atoms with E-state index in [0.717, 1.165) is 23.3 Å². The molecule has 2 aromatic rings. The molecule has 0 spiro atoms. The van der Waals surface area contributed by atoms with Crippen molar-refractivity contribution in [3.05, 3.63) is 53.6 Å². The van der Waals surface area contributed by atoms with Crippen molar-refractivity contribution >= 4 is 11.6 Å². The second-order valence-corrected chi connectivity index (χ2v) is 5.76. The average Bonchev–Trinajstić information content (AvgIpc) is 2.57. The third-order valence-electron chi connectivity index (χ3n) is 3.55. The molecule has 0 aliphatic rings. The fourth-order valence-corrected chi connectivity index (χ4v) is 2.24. The van der Waals surface area contributed by atoms with Crippen LogP contribution in [-0.4, -0.2) is 19.1 Å². The smallest absolute Gasteiger partial charge is 0.227 e. The number of carbonyl (C=O) groups excluding carboxylic acids is 1. The number of anilines is 1. The minimum absolute atomic E-state index is 0.0899. The Labute approximate surface area is 143 Å². The number of carbonyl (C=O) groups is 1. The van der Waals surface area contributed by atoms with Gasteiger partial charge in [0.15, 0.2) is 0 Å². The highest BCUT2D eigenvalue weighted by Gasteiger charge is 2.08. The molecule has 0 atom stereocenters. The van der Waals surface area contributed by atoms with Gasteiger partial charge in [-0.15, -0.1) is 0 Å². The Bertz CT molecular complexity index is 682. The van der Waals surface area contributed by atoms with E-state index < -0.39 is 0 Å². The molecule has 0 saturated heterocycles. The summed E-state index contributed by atoms with van der Waals surface area (Å²) < 4.78 is 11.4. The van der Waals surface area contributed by atoms with Crippen molar-refractivity contribution in [2.45, 2.75) is 33.6 Å². The van der Waals surface area contributed by atoms with Crippen molar-refractivity contribution in [1.29, 1.82) is 0 Å². The first kappa shape index (κ1) is 17.9. The van der Waals surface area contributed by atoms with E-state index in [1.807, 2.05) is 63.2 Å². The molecule has 0 aliphatic carbocycles. The first-order valence-electron chi connectivity index (χ1n) is 8.32. The largest absolute Gasteiger partial charge is 0.493 e. The maximum absolute atomic E-state index is 12.1. The number of nitrogens with one attached hydrogen (secondary N) is 1. The van der Waals surface area contributed by atoms with Crippen molar-refractivity contribution in [3.63, 3.8) is 0 Å². The van der Waals surface area contributed by atoms with Gasteiger partial charge in [-0.25, -0.2) is 0 Å². The van der Waals surface area contributed by atoms with Crippen molar-refractivity contribution in [2.75, 3.05) is 18.5 Å². The molecule has 128 valence electrons. The van der Waals surface area contributed by atoms with E-state index in [1.54, 1.807) is 0 Å². The summed E-state index contributed by atoms with van der Waals surface area (Å²) in [5.41, 5.74) is 2.91. The molecule has 4 nitrogen and oxygen atoms in total. The summed E-state index contributed by atoms with van der Waals surface area (Å²) in [6.07, 6.45) is 1.21. The second kappa shape index (κ2) is 8.96. The number of rotatable bonds is 8. The summed E-state index contributed by atoms with van der Waals surface area (Å²) in [4.78, 5) is 12.1. The Hall–Kier alpha value is -2.49. The topological polar surface area (TPSA) is 47.6 Å². The van der Waals surface area contributed by atoms with Crippen LogP contribution in [0.1, 0.15) is 30.9 Å². The second-order valence-electron chi connectivity index (χ2n) is 5.76. The highest BCUT2D eigenvalue weighted by Crippen LogP contribution is 2.24. The monoisotopic (exact) mass is 327 g/mol. The summed E-state index contributed by atoms with van der Waals surface area (Å²) in [5, 5.41) is 2.89. The quantitative estimate of drug-likeness (QED) is 0.776. The molecule has 4 heteroatoms. The van der Waals surface area contributed by atoms with Gasteiger partial charge in [-0.2, -0.15) is 0 Å². The van der Waals surface area contributed by atoms with Gasteiger partial charge in [0.2, 0.25) is 5.91 Å². The van der Waals surface area contributed by atoms with E-state index in [9.17, 15) is 4.79 Å². The minimum atomic E-state index is -0.0899. The maximum Gasteiger partial charge on any atom is 0.227 e. The predicted molar refractivity (Wildman–Crippen MR) is 96.9 cm³/mol. The predicted octanol–water partition coefficient (Wildman–Crippen LogP) is 4.50. The summed E-state index contributed by atoms with van der Waals surface area (Å²) in [6, 6.07) is 13.5. The van der Waals surface area contributed by atoms with Crippen molar-refractivity contribution in [2.24, 2.45) is 0 Å². The normalized spacial score (nSPS) is 10.3. The lowest BCUT2D eigenvalue weighted by atomic mass is 10.1. The molecule has 2 aromatic carbocycles. The van der Waals surface area contributed by atoms with Gasteiger partial charge in [0.25, 0.3) is 0 Å². The third-order valence-corrected chi connectivity index (χ3v) is 3.55. The van der Waals surface area contributed by atoms with Crippen LogP contribution in [0.3, 0.4) is 0 Å². The van der Waals surface area contributed by atoms with Gasteiger partial charge in [-0.05, 0) is 49.6 Å². The molecular weight excluding hydrogens is 302 g/mol. The number of benzene rings is 2. The molecule has 0 heterocycles. The average molecular weight is 327 g/mol. The highest BCUT2D eigenvalue weighted by molar-refractivity contribution is 5.92. The zero-order valence-electron chi connectivity index (χ0n) is 14.6. The molecule has 0 unspecified atom stereocenters. The van der Waals surface area contributed by atoms with Crippen LogP contribution in [0, 0.1) is 13.8 Å². The summed E-state index contributed by atoms with van der Waals surface area (Å²) in [5.74, 6) is 1.44.